The second-order valence-electron chi connectivity index (χ2n) is 5.71. The summed E-state index contributed by atoms with van der Waals surface area (Å²) in [4.78, 5) is 3.44. The number of aromatic nitrogens is 1. The van der Waals surface area contributed by atoms with Crippen molar-refractivity contribution in [2.24, 2.45) is 0 Å². The van der Waals surface area contributed by atoms with Crippen LogP contribution in [-0.4, -0.2) is 15.2 Å². The third-order valence-corrected chi connectivity index (χ3v) is 4.36. The van der Waals surface area contributed by atoms with E-state index in [-0.39, 0.29) is 5.75 Å². The van der Waals surface area contributed by atoms with Crippen molar-refractivity contribution in [3.8, 4) is 22.8 Å². The van der Waals surface area contributed by atoms with Gasteiger partial charge in [-0.1, -0.05) is 13.8 Å². The molecule has 0 unspecified atom stereocenters. The molecule has 1 heterocycles. The Morgan fingerprint density at radius 3 is 2.18 bits per heavy atom. The monoisotopic (exact) mass is 295 g/mol. The minimum Gasteiger partial charge on any atom is -0.508 e. The molecule has 3 N–H and O–H groups in total. The van der Waals surface area contributed by atoms with Crippen molar-refractivity contribution in [2.75, 3.05) is 0 Å². The summed E-state index contributed by atoms with van der Waals surface area (Å²) in [5.41, 5.74) is 6.19. The van der Waals surface area contributed by atoms with Crippen LogP contribution in [0.2, 0.25) is 0 Å². The number of H-pyrrole nitrogens is 1. The minimum absolute atomic E-state index is 0.273. The van der Waals surface area contributed by atoms with Crippen LogP contribution in [0.5, 0.6) is 11.5 Å². The van der Waals surface area contributed by atoms with E-state index in [2.05, 4.69) is 11.9 Å². The first-order chi connectivity index (χ1) is 10.5. The van der Waals surface area contributed by atoms with Gasteiger partial charge in [0.15, 0.2) is 0 Å². The van der Waals surface area contributed by atoms with Crippen molar-refractivity contribution in [3.05, 3.63) is 47.0 Å². The van der Waals surface area contributed by atoms with Gasteiger partial charge in [0.25, 0.3) is 0 Å². The number of aromatic amines is 1. The molecular weight excluding hydrogens is 274 g/mol. The van der Waals surface area contributed by atoms with E-state index < -0.39 is 0 Å². The first-order valence-electron chi connectivity index (χ1n) is 7.71. The van der Waals surface area contributed by atoms with Gasteiger partial charge in [0, 0.05) is 16.6 Å². The number of hydrogen-bond donors (Lipinski definition) is 3. The highest BCUT2D eigenvalue weighted by molar-refractivity contribution is 5.91. The Kier molecular flexibility index (Phi) is 3.57. The number of phenolic OH excluding ortho intramolecular Hbond substituents is 2. The quantitative estimate of drug-likeness (QED) is 0.657. The van der Waals surface area contributed by atoms with Crippen molar-refractivity contribution < 1.29 is 10.2 Å². The number of rotatable bonds is 3. The smallest absolute Gasteiger partial charge is 0.121 e. The van der Waals surface area contributed by atoms with E-state index in [0.29, 0.717) is 5.75 Å². The summed E-state index contributed by atoms with van der Waals surface area (Å²) in [6.45, 7) is 6.15. The van der Waals surface area contributed by atoms with E-state index in [0.717, 1.165) is 51.7 Å². The van der Waals surface area contributed by atoms with Gasteiger partial charge in [0.1, 0.15) is 11.5 Å². The van der Waals surface area contributed by atoms with Crippen molar-refractivity contribution in [1.82, 2.24) is 4.98 Å². The predicted octanol–water partition coefficient (Wildman–Crippen LogP) is 4.68. The number of aromatic hydroxyl groups is 2. The van der Waals surface area contributed by atoms with E-state index in [9.17, 15) is 10.2 Å². The van der Waals surface area contributed by atoms with Gasteiger partial charge in [0.05, 0.1) is 0 Å². The number of benzene rings is 2. The first kappa shape index (κ1) is 14.5. The molecule has 3 rings (SSSR count). The lowest BCUT2D eigenvalue weighted by Gasteiger charge is -2.11. The SMILES string of the molecule is CCc1cc(-c2[nH]c3ccc(O)cc3c2C)cc(CC)c1O. The third-order valence-electron chi connectivity index (χ3n) is 4.36. The summed E-state index contributed by atoms with van der Waals surface area (Å²) in [6, 6.07) is 9.46. The summed E-state index contributed by atoms with van der Waals surface area (Å²) in [5, 5.41) is 21.0. The van der Waals surface area contributed by atoms with Gasteiger partial charge >= 0.3 is 0 Å². The lowest BCUT2D eigenvalue weighted by atomic mass is 9.97. The van der Waals surface area contributed by atoms with Crippen LogP contribution in [0.4, 0.5) is 0 Å². The van der Waals surface area contributed by atoms with Gasteiger partial charge in [-0.3, -0.25) is 0 Å². The second-order valence-corrected chi connectivity index (χ2v) is 5.71. The summed E-state index contributed by atoms with van der Waals surface area (Å²) in [5.74, 6) is 0.690. The Labute approximate surface area is 130 Å². The summed E-state index contributed by atoms with van der Waals surface area (Å²) >= 11 is 0. The van der Waals surface area contributed by atoms with E-state index in [1.165, 1.54) is 0 Å². The van der Waals surface area contributed by atoms with Crippen LogP contribution in [0.15, 0.2) is 30.3 Å². The van der Waals surface area contributed by atoms with Gasteiger partial charge in [-0.15, -0.1) is 0 Å². The fourth-order valence-electron chi connectivity index (χ4n) is 3.05. The Hall–Kier alpha value is -2.42. The lowest BCUT2D eigenvalue weighted by Crippen LogP contribution is -1.92. The molecule has 0 amide bonds. The minimum atomic E-state index is 0.273. The zero-order chi connectivity index (χ0) is 15.9. The summed E-state index contributed by atoms with van der Waals surface area (Å²) in [6.07, 6.45) is 1.60. The van der Waals surface area contributed by atoms with E-state index in [1.54, 1.807) is 12.1 Å². The first-order valence-corrected chi connectivity index (χ1v) is 7.71. The summed E-state index contributed by atoms with van der Waals surface area (Å²) < 4.78 is 0. The van der Waals surface area contributed by atoms with Crippen molar-refractivity contribution in [3.63, 3.8) is 0 Å². The maximum absolute atomic E-state index is 10.3. The van der Waals surface area contributed by atoms with Crippen LogP contribution in [0.25, 0.3) is 22.2 Å². The molecule has 114 valence electrons. The van der Waals surface area contributed by atoms with Crippen molar-refractivity contribution in [1.29, 1.82) is 0 Å². The lowest BCUT2D eigenvalue weighted by molar-refractivity contribution is 0.462. The third kappa shape index (κ3) is 2.23. The molecule has 0 radical (unpaired) electrons. The van der Waals surface area contributed by atoms with Crippen molar-refractivity contribution >= 4 is 10.9 Å². The van der Waals surface area contributed by atoms with Crippen molar-refractivity contribution in [2.45, 2.75) is 33.6 Å². The Morgan fingerprint density at radius 2 is 1.59 bits per heavy atom. The molecule has 0 aliphatic rings. The molecule has 0 bridgehead atoms. The molecule has 0 spiro atoms. The molecule has 0 saturated heterocycles. The highest BCUT2D eigenvalue weighted by atomic mass is 16.3. The average Bonchev–Trinajstić information content (AvgIpc) is 2.84. The molecule has 0 aliphatic carbocycles. The van der Waals surface area contributed by atoms with Crippen LogP contribution in [-0.2, 0) is 12.8 Å². The maximum atomic E-state index is 10.3. The van der Waals surface area contributed by atoms with E-state index in [4.69, 9.17) is 0 Å². The normalized spacial score (nSPS) is 11.2. The van der Waals surface area contributed by atoms with Gasteiger partial charge in [-0.25, -0.2) is 0 Å². The van der Waals surface area contributed by atoms with Crippen LogP contribution in [0.1, 0.15) is 30.5 Å². The molecule has 0 aliphatic heterocycles. The molecule has 2 aromatic carbocycles. The Balaban J connectivity index is 2.25. The van der Waals surface area contributed by atoms with Gasteiger partial charge in [-0.2, -0.15) is 0 Å². The molecular formula is C19H21NO2. The van der Waals surface area contributed by atoms with Gasteiger partial charge in [-0.05, 0) is 72.4 Å². The van der Waals surface area contributed by atoms with Crippen LogP contribution in [0.3, 0.4) is 0 Å². The summed E-state index contributed by atoms with van der Waals surface area (Å²) in [7, 11) is 0. The number of aryl methyl sites for hydroxylation is 3. The zero-order valence-electron chi connectivity index (χ0n) is 13.2. The fourth-order valence-corrected chi connectivity index (χ4v) is 3.05. The van der Waals surface area contributed by atoms with Gasteiger partial charge in [0.2, 0.25) is 0 Å². The van der Waals surface area contributed by atoms with Gasteiger partial charge < -0.3 is 15.2 Å². The Morgan fingerprint density at radius 1 is 0.955 bits per heavy atom. The van der Waals surface area contributed by atoms with Crippen LogP contribution in [0, 0.1) is 6.92 Å². The van der Waals surface area contributed by atoms with Crippen LogP contribution >= 0.6 is 0 Å². The molecule has 0 saturated carbocycles. The maximum Gasteiger partial charge on any atom is 0.121 e. The topological polar surface area (TPSA) is 56.2 Å². The van der Waals surface area contributed by atoms with Crippen LogP contribution < -0.4 is 0 Å². The molecule has 3 aromatic rings. The molecule has 1 aromatic heterocycles. The zero-order valence-corrected chi connectivity index (χ0v) is 13.2. The molecule has 3 heteroatoms. The van der Waals surface area contributed by atoms with E-state index in [1.807, 2.05) is 32.0 Å². The standard InChI is InChI=1S/C19H21NO2/c1-4-12-8-14(9-13(5-2)19(12)22)18-11(3)16-10-15(21)6-7-17(16)20-18/h6-10,20-22H,4-5H2,1-3H3. The molecule has 0 atom stereocenters. The fraction of sp³-hybridized carbons (Fsp3) is 0.263. The van der Waals surface area contributed by atoms with E-state index >= 15 is 0 Å². The number of fused-ring (bicyclic) bond motifs is 1. The average molecular weight is 295 g/mol. The predicted molar refractivity (Wildman–Crippen MR) is 90.6 cm³/mol. The molecule has 22 heavy (non-hydrogen) atoms. The highest BCUT2D eigenvalue weighted by Crippen LogP contribution is 2.35. The molecule has 3 nitrogen and oxygen atoms in total. The number of nitrogens with one attached hydrogen (secondary N) is 1. The highest BCUT2D eigenvalue weighted by Gasteiger charge is 2.14. The second kappa shape index (κ2) is 5.41. The largest absolute Gasteiger partial charge is 0.508 e. The molecule has 0 fully saturated rings. The number of hydrogen-bond acceptors (Lipinski definition) is 2. The Bertz CT molecular complexity index is 821. The number of phenols is 2.